The number of aromatic nitrogens is 3. The second kappa shape index (κ2) is 10.3. The van der Waals surface area contributed by atoms with Gasteiger partial charge in [0.05, 0.1) is 7.11 Å². The van der Waals surface area contributed by atoms with Crippen molar-refractivity contribution in [2.75, 3.05) is 7.11 Å². The van der Waals surface area contributed by atoms with Crippen LogP contribution in [0.5, 0.6) is 5.75 Å². The summed E-state index contributed by atoms with van der Waals surface area (Å²) in [5.41, 5.74) is 2.14. The number of rotatable bonds is 10. The Morgan fingerprint density at radius 3 is 2.55 bits per heavy atom. The number of aryl methyl sites for hydroxylation is 3. The van der Waals surface area contributed by atoms with Crippen LogP contribution in [0, 0.1) is 12.8 Å². The maximum Gasteiger partial charge on any atom is 0.220 e. The fourth-order valence-electron chi connectivity index (χ4n) is 4.77. The highest BCUT2D eigenvalue weighted by Crippen LogP contribution is 2.37. The van der Waals surface area contributed by atoms with Crippen molar-refractivity contribution in [3.63, 3.8) is 0 Å². The van der Waals surface area contributed by atoms with Crippen LogP contribution in [-0.2, 0) is 24.2 Å². The number of nitrogens with one attached hydrogen (secondary N) is 1. The van der Waals surface area contributed by atoms with E-state index in [2.05, 4.69) is 20.1 Å². The molecule has 1 N–H and O–H groups in total. The Labute approximate surface area is 185 Å². The second-order valence-electron chi connectivity index (χ2n) is 9.27. The highest BCUT2D eigenvalue weighted by atomic mass is 16.5. The van der Waals surface area contributed by atoms with Gasteiger partial charge in [0.25, 0.3) is 0 Å². The zero-order valence-corrected chi connectivity index (χ0v) is 19.0. The first kappa shape index (κ1) is 21.8. The van der Waals surface area contributed by atoms with Gasteiger partial charge in [0.1, 0.15) is 17.4 Å². The van der Waals surface area contributed by atoms with Crippen LogP contribution in [-0.4, -0.2) is 27.8 Å². The van der Waals surface area contributed by atoms with Crippen LogP contribution in [0.2, 0.25) is 0 Å². The van der Waals surface area contributed by atoms with Crippen molar-refractivity contribution >= 4 is 5.91 Å². The zero-order chi connectivity index (χ0) is 21.6. The molecule has 2 fully saturated rings. The van der Waals surface area contributed by atoms with E-state index < -0.39 is 0 Å². The summed E-state index contributed by atoms with van der Waals surface area (Å²) in [4.78, 5) is 12.5. The highest BCUT2D eigenvalue weighted by molar-refractivity contribution is 5.76. The molecule has 1 aromatic carbocycles. The molecule has 2 aliphatic rings. The molecule has 0 aliphatic heterocycles. The van der Waals surface area contributed by atoms with E-state index in [-0.39, 0.29) is 5.91 Å². The Hall–Kier alpha value is -2.37. The number of nitrogens with zero attached hydrogens (tertiary/aromatic N) is 3. The average molecular weight is 425 g/mol. The van der Waals surface area contributed by atoms with E-state index in [9.17, 15) is 4.79 Å². The topological polar surface area (TPSA) is 69.0 Å². The van der Waals surface area contributed by atoms with Gasteiger partial charge in [-0.25, -0.2) is 0 Å². The summed E-state index contributed by atoms with van der Waals surface area (Å²) in [6.45, 7) is 2.51. The van der Waals surface area contributed by atoms with Crippen molar-refractivity contribution in [1.82, 2.24) is 20.1 Å². The summed E-state index contributed by atoms with van der Waals surface area (Å²) >= 11 is 0. The minimum absolute atomic E-state index is 0.0386. The van der Waals surface area contributed by atoms with Crippen LogP contribution in [0.3, 0.4) is 0 Å². The average Bonchev–Trinajstić information content (AvgIpc) is 3.55. The van der Waals surface area contributed by atoms with Crippen LogP contribution in [0.1, 0.15) is 86.6 Å². The summed E-state index contributed by atoms with van der Waals surface area (Å²) in [5, 5.41) is 12.0. The number of carbonyl (C=O) groups excluding carboxylic acids is 1. The molecule has 1 aromatic heterocycles. The fraction of sp³-hybridized carbons (Fsp3) is 0.640. The largest absolute Gasteiger partial charge is 0.496 e. The lowest BCUT2D eigenvalue weighted by Gasteiger charge is -2.21. The first-order valence-electron chi connectivity index (χ1n) is 12.0. The van der Waals surface area contributed by atoms with E-state index in [4.69, 9.17) is 4.74 Å². The quantitative estimate of drug-likeness (QED) is 0.601. The van der Waals surface area contributed by atoms with Crippen LogP contribution >= 0.6 is 0 Å². The van der Waals surface area contributed by atoms with Crippen molar-refractivity contribution in [3.8, 4) is 5.75 Å². The van der Waals surface area contributed by atoms with Crippen molar-refractivity contribution < 1.29 is 9.53 Å². The molecule has 0 radical (unpaired) electrons. The molecule has 4 rings (SSSR count). The van der Waals surface area contributed by atoms with Crippen molar-refractivity contribution in [2.24, 2.45) is 5.92 Å². The normalized spacial score (nSPS) is 17.0. The van der Waals surface area contributed by atoms with Crippen molar-refractivity contribution in [2.45, 2.75) is 90.1 Å². The monoisotopic (exact) mass is 424 g/mol. The van der Waals surface area contributed by atoms with E-state index in [1.54, 1.807) is 7.11 Å². The Morgan fingerprint density at radius 2 is 1.84 bits per heavy atom. The number of benzene rings is 1. The smallest absolute Gasteiger partial charge is 0.220 e. The third-order valence-electron chi connectivity index (χ3n) is 6.74. The number of amides is 1. The molecule has 31 heavy (non-hydrogen) atoms. The van der Waals surface area contributed by atoms with Gasteiger partial charge in [0, 0.05) is 37.4 Å². The molecule has 2 aromatic rings. The van der Waals surface area contributed by atoms with Gasteiger partial charge < -0.3 is 14.6 Å². The van der Waals surface area contributed by atoms with Gasteiger partial charge in [-0.15, -0.1) is 10.2 Å². The lowest BCUT2D eigenvalue weighted by Crippen LogP contribution is -2.24. The van der Waals surface area contributed by atoms with Gasteiger partial charge in [-0.2, -0.15) is 0 Å². The Morgan fingerprint density at radius 1 is 1.10 bits per heavy atom. The molecular formula is C25H36N4O2. The number of methoxy groups -OCH3 is 1. The minimum atomic E-state index is 0.0386. The molecule has 0 bridgehead atoms. The molecule has 0 unspecified atom stereocenters. The molecule has 2 aliphatic carbocycles. The van der Waals surface area contributed by atoms with E-state index in [0.717, 1.165) is 40.9 Å². The fourth-order valence-corrected chi connectivity index (χ4v) is 4.77. The van der Waals surface area contributed by atoms with Gasteiger partial charge in [0.15, 0.2) is 0 Å². The minimum Gasteiger partial charge on any atom is -0.496 e. The maximum absolute atomic E-state index is 12.5. The molecule has 1 amide bonds. The van der Waals surface area contributed by atoms with Gasteiger partial charge >= 0.3 is 0 Å². The van der Waals surface area contributed by atoms with Gasteiger partial charge in [-0.1, -0.05) is 44.2 Å². The number of hydrogen-bond acceptors (Lipinski definition) is 4. The van der Waals surface area contributed by atoms with E-state index in [0.29, 0.717) is 25.4 Å². The summed E-state index contributed by atoms with van der Waals surface area (Å²) in [6.07, 6.45) is 12.7. The van der Waals surface area contributed by atoms with Gasteiger partial charge in [-0.3, -0.25) is 4.79 Å². The predicted octanol–water partition coefficient (Wildman–Crippen LogP) is 4.69. The summed E-state index contributed by atoms with van der Waals surface area (Å²) in [5.74, 6) is 3.82. The molecule has 168 valence electrons. The lowest BCUT2D eigenvalue weighted by molar-refractivity contribution is -0.121. The highest BCUT2D eigenvalue weighted by Gasteiger charge is 2.29. The molecule has 0 spiro atoms. The molecule has 2 saturated carbocycles. The van der Waals surface area contributed by atoms with E-state index in [1.807, 2.05) is 25.1 Å². The number of ether oxygens (including phenoxy) is 1. The second-order valence-corrected chi connectivity index (χ2v) is 9.27. The Balaban J connectivity index is 1.30. The van der Waals surface area contributed by atoms with Crippen LogP contribution in [0.4, 0.5) is 0 Å². The first-order valence-corrected chi connectivity index (χ1v) is 12.0. The van der Waals surface area contributed by atoms with Crippen LogP contribution < -0.4 is 10.1 Å². The van der Waals surface area contributed by atoms with Gasteiger partial charge in [-0.05, 0) is 43.7 Å². The number of hydrogen-bond donors (Lipinski definition) is 1. The molecule has 0 atom stereocenters. The molecule has 0 saturated heterocycles. The molecule has 1 heterocycles. The van der Waals surface area contributed by atoms with Crippen molar-refractivity contribution in [1.29, 1.82) is 0 Å². The summed E-state index contributed by atoms with van der Waals surface area (Å²) in [6, 6.07) is 6.59. The third kappa shape index (κ3) is 5.86. The van der Waals surface area contributed by atoms with E-state index in [1.165, 1.54) is 51.4 Å². The molecule has 6 nitrogen and oxygen atoms in total. The SMILES string of the molecule is COc1cc(C)ccc1CNC(=O)CCc1nnc(CCC2CCCCC2)n1C1CC1. The van der Waals surface area contributed by atoms with Crippen LogP contribution in [0.25, 0.3) is 0 Å². The summed E-state index contributed by atoms with van der Waals surface area (Å²) < 4.78 is 7.78. The zero-order valence-electron chi connectivity index (χ0n) is 19.0. The number of carbonyl (C=O) groups is 1. The van der Waals surface area contributed by atoms with Gasteiger partial charge in [0.2, 0.25) is 5.91 Å². The Kier molecular flexibility index (Phi) is 7.25. The summed E-state index contributed by atoms with van der Waals surface area (Å²) in [7, 11) is 1.66. The third-order valence-corrected chi connectivity index (χ3v) is 6.74. The van der Waals surface area contributed by atoms with Crippen LogP contribution in [0.15, 0.2) is 18.2 Å². The first-order chi connectivity index (χ1) is 15.1. The standard InChI is InChI=1S/C25H36N4O2/c1-18-8-10-20(22(16-18)31-2)17-26-25(30)15-14-24-28-27-23(29(24)21-11-12-21)13-9-19-6-4-3-5-7-19/h8,10,16,19,21H,3-7,9,11-15,17H2,1-2H3,(H,26,30). The maximum atomic E-state index is 12.5. The lowest BCUT2D eigenvalue weighted by atomic mass is 9.86. The molecule has 6 heteroatoms. The predicted molar refractivity (Wildman–Crippen MR) is 121 cm³/mol. The van der Waals surface area contributed by atoms with Crippen molar-refractivity contribution in [3.05, 3.63) is 41.0 Å². The Bertz CT molecular complexity index is 882. The van der Waals surface area contributed by atoms with E-state index >= 15 is 0 Å². The molecular weight excluding hydrogens is 388 g/mol.